The average Bonchev–Trinajstić information content (AvgIpc) is 3.04. The van der Waals surface area contributed by atoms with E-state index >= 15 is 0 Å². The summed E-state index contributed by atoms with van der Waals surface area (Å²) in [7, 11) is 0. The summed E-state index contributed by atoms with van der Waals surface area (Å²) in [5.41, 5.74) is 8.19. The van der Waals surface area contributed by atoms with E-state index in [4.69, 9.17) is 0 Å². The van der Waals surface area contributed by atoms with Gasteiger partial charge in [0.25, 0.3) is 0 Å². The number of hydrogen-bond donors (Lipinski definition) is 1. The lowest BCUT2D eigenvalue weighted by atomic mass is 10.0. The van der Waals surface area contributed by atoms with E-state index in [0.29, 0.717) is 0 Å². The normalized spacial score (nSPS) is 12.8. The molecular weight excluding hydrogens is 242 g/mol. The van der Waals surface area contributed by atoms with Crippen molar-refractivity contribution < 1.29 is 0 Å². The highest BCUT2D eigenvalue weighted by Gasteiger charge is 2.21. The Balaban J connectivity index is 1.96. The van der Waals surface area contributed by atoms with Gasteiger partial charge in [-0.3, -0.25) is 0 Å². The Kier molecular flexibility index (Phi) is 1.80. The molecule has 0 atom stereocenters. The molecule has 0 spiro atoms. The van der Waals surface area contributed by atoms with Crippen molar-refractivity contribution >= 4 is 21.8 Å². The molecule has 94 valence electrons. The number of hydrogen-bond acceptors (Lipinski definition) is 0. The van der Waals surface area contributed by atoms with Crippen LogP contribution in [0.25, 0.3) is 32.9 Å². The van der Waals surface area contributed by atoms with Gasteiger partial charge in [-0.05, 0) is 40.8 Å². The Morgan fingerprint density at radius 3 is 2.55 bits per heavy atom. The second-order valence-corrected chi connectivity index (χ2v) is 5.52. The first-order chi connectivity index (χ1) is 9.92. The topological polar surface area (TPSA) is 15.8 Å². The molecule has 3 aromatic carbocycles. The monoisotopic (exact) mass is 255 g/mol. The highest BCUT2D eigenvalue weighted by molar-refractivity contribution is 6.11. The van der Waals surface area contributed by atoms with Crippen LogP contribution in [0.2, 0.25) is 0 Å². The van der Waals surface area contributed by atoms with Gasteiger partial charge in [0.1, 0.15) is 0 Å². The van der Waals surface area contributed by atoms with Crippen LogP contribution in [0.15, 0.2) is 60.7 Å². The number of aromatic amines is 1. The summed E-state index contributed by atoms with van der Waals surface area (Å²) < 4.78 is 0. The van der Waals surface area contributed by atoms with Crippen molar-refractivity contribution in [3.8, 4) is 11.1 Å². The van der Waals surface area contributed by atoms with Gasteiger partial charge in [0.2, 0.25) is 0 Å². The third-order valence-corrected chi connectivity index (χ3v) is 4.45. The van der Waals surface area contributed by atoms with Gasteiger partial charge < -0.3 is 4.98 Å². The molecule has 0 aliphatic heterocycles. The SMILES string of the molecule is c1ccc2c(c1)Cc1c-2ccc2[nH]c3ccccc3c12. The quantitative estimate of drug-likeness (QED) is 0.405. The van der Waals surface area contributed by atoms with E-state index in [-0.39, 0.29) is 0 Å². The minimum absolute atomic E-state index is 1.05. The van der Waals surface area contributed by atoms with Crippen molar-refractivity contribution in [2.75, 3.05) is 0 Å². The van der Waals surface area contributed by atoms with Crippen LogP contribution in [0.5, 0.6) is 0 Å². The van der Waals surface area contributed by atoms with E-state index in [1.165, 1.54) is 44.1 Å². The minimum Gasteiger partial charge on any atom is -0.355 e. The van der Waals surface area contributed by atoms with Crippen LogP contribution < -0.4 is 0 Å². The smallest absolute Gasteiger partial charge is 0.0468 e. The summed E-state index contributed by atoms with van der Waals surface area (Å²) in [5.74, 6) is 0. The van der Waals surface area contributed by atoms with Crippen molar-refractivity contribution in [1.29, 1.82) is 0 Å². The standard InChI is InChI=1S/C19H13N/c1-2-6-13-12(5-1)11-16-14(13)9-10-18-19(16)15-7-3-4-8-17(15)20-18/h1-10,20H,11H2. The molecule has 1 N–H and O–H groups in total. The van der Waals surface area contributed by atoms with Gasteiger partial charge in [0, 0.05) is 21.8 Å². The molecule has 0 fully saturated rings. The zero-order valence-electron chi connectivity index (χ0n) is 11.0. The van der Waals surface area contributed by atoms with Gasteiger partial charge in [0.05, 0.1) is 0 Å². The largest absolute Gasteiger partial charge is 0.355 e. The van der Waals surface area contributed by atoms with Gasteiger partial charge in [-0.15, -0.1) is 0 Å². The van der Waals surface area contributed by atoms with Crippen molar-refractivity contribution in [3.63, 3.8) is 0 Å². The Morgan fingerprint density at radius 2 is 1.55 bits per heavy atom. The molecule has 1 heterocycles. The number of rotatable bonds is 0. The molecular formula is C19H13N. The lowest BCUT2D eigenvalue weighted by Gasteiger charge is -2.02. The van der Waals surface area contributed by atoms with Gasteiger partial charge >= 0.3 is 0 Å². The minimum atomic E-state index is 1.05. The summed E-state index contributed by atoms with van der Waals surface area (Å²) in [4.78, 5) is 3.53. The third kappa shape index (κ3) is 1.17. The van der Waals surface area contributed by atoms with Crippen molar-refractivity contribution in [3.05, 3.63) is 71.8 Å². The molecule has 20 heavy (non-hydrogen) atoms. The fraction of sp³-hybridized carbons (Fsp3) is 0.0526. The second-order valence-electron chi connectivity index (χ2n) is 5.52. The molecule has 1 aromatic heterocycles. The first kappa shape index (κ1) is 10.3. The van der Waals surface area contributed by atoms with E-state index < -0.39 is 0 Å². The predicted molar refractivity (Wildman–Crippen MR) is 84.0 cm³/mol. The number of H-pyrrole nitrogens is 1. The Labute approximate surface area is 116 Å². The summed E-state index contributed by atoms with van der Waals surface area (Å²) >= 11 is 0. The molecule has 0 saturated heterocycles. The van der Waals surface area contributed by atoms with E-state index in [0.717, 1.165) is 6.42 Å². The van der Waals surface area contributed by atoms with Crippen molar-refractivity contribution in [1.82, 2.24) is 4.98 Å². The molecule has 5 rings (SSSR count). The molecule has 1 aliphatic carbocycles. The van der Waals surface area contributed by atoms with Gasteiger partial charge in [-0.25, -0.2) is 0 Å². The fourth-order valence-electron chi connectivity index (χ4n) is 3.58. The number of nitrogens with one attached hydrogen (secondary N) is 1. The highest BCUT2D eigenvalue weighted by atomic mass is 14.7. The first-order valence-electron chi connectivity index (χ1n) is 7.02. The summed E-state index contributed by atoms with van der Waals surface area (Å²) in [6, 6.07) is 21.8. The van der Waals surface area contributed by atoms with E-state index in [9.17, 15) is 0 Å². The second kappa shape index (κ2) is 3.51. The fourth-order valence-corrected chi connectivity index (χ4v) is 3.58. The van der Waals surface area contributed by atoms with Crippen LogP contribution in [-0.4, -0.2) is 4.98 Å². The maximum atomic E-state index is 3.53. The summed E-state index contributed by atoms with van der Waals surface area (Å²) in [5, 5.41) is 2.74. The Hall–Kier alpha value is -2.54. The highest BCUT2D eigenvalue weighted by Crippen LogP contribution is 2.42. The molecule has 0 unspecified atom stereocenters. The molecule has 0 saturated carbocycles. The molecule has 1 heteroatoms. The lowest BCUT2D eigenvalue weighted by Crippen LogP contribution is -1.82. The molecule has 0 amide bonds. The van der Waals surface area contributed by atoms with Crippen molar-refractivity contribution in [2.24, 2.45) is 0 Å². The van der Waals surface area contributed by atoms with E-state index in [2.05, 4.69) is 65.6 Å². The van der Waals surface area contributed by atoms with Crippen molar-refractivity contribution in [2.45, 2.75) is 6.42 Å². The number of benzene rings is 3. The van der Waals surface area contributed by atoms with Crippen LogP contribution in [0.4, 0.5) is 0 Å². The molecule has 0 radical (unpaired) electrons. The Bertz CT molecular complexity index is 976. The predicted octanol–water partition coefficient (Wildman–Crippen LogP) is 4.89. The first-order valence-corrected chi connectivity index (χ1v) is 7.02. The molecule has 0 bridgehead atoms. The van der Waals surface area contributed by atoms with Gasteiger partial charge in [-0.1, -0.05) is 48.5 Å². The summed E-state index contributed by atoms with van der Waals surface area (Å²) in [6.45, 7) is 0. The molecule has 1 aliphatic rings. The number of aromatic nitrogens is 1. The summed E-state index contributed by atoms with van der Waals surface area (Å²) in [6.07, 6.45) is 1.05. The van der Waals surface area contributed by atoms with Crippen LogP contribution in [0, 0.1) is 0 Å². The van der Waals surface area contributed by atoms with Gasteiger partial charge in [-0.2, -0.15) is 0 Å². The third-order valence-electron chi connectivity index (χ3n) is 4.45. The number of para-hydroxylation sites is 1. The zero-order chi connectivity index (χ0) is 13.1. The molecule has 1 nitrogen and oxygen atoms in total. The average molecular weight is 255 g/mol. The number of fused-ring (bicyclic) bond motifs is 7. The van der Waals surface area contributed by atoms with Crippen LogP contribution >= 0.6 is 0 Å². The van der Waals surface area contributed by atoms with Crippen LogP contribution in [0.1, 0.15) is 11.1 Å². The van der Waals surface area contributed by atoms with E-state index in [1.54, 1.807) is 0 Å². The van der Waals surface area contributed by atoms with Gasteiger partial charge in [0.15, 0.2) is 0 Å². The van der Waals surface area contributed by atoms with E-state index in [1.807, 2.05) is 0 Å². The van der Waals surface area contributed by atoms with Crippen LogP contribution in [-0.2, 0) is 6.42 Å². The molecule has 4 aromatic rings. The zero-order valence-corrected chi connectivity index (χ0v) is 11.0. The van der Waals surface area contributed by atoms with Crippen LogP contribution in [0.3, 0.4) is 0 Å². The Morgan fingerprint density at radius 1 is 0.700 bits per heavy atom. The maximum absolute atomic E-state index is 3.53. The lowest BCUT2D eigenvalue weighted by molar-refractivity contribution is 1.29. The maximum Gasteiger partial charge on any atom is 0.0468 e.